The molecule has 1 aliphatic heterocycles. The van der Waals surface area contributed by atoms with E-state index in [2.05, 4.69) is 10.1 Å². The molecule has 1 saturated heterocycles. The summed E-state index contributed by atoms with van der Waals surface area (Å²) in [5.41, 5.74) is 1.31. The van der Waals surface area contributed by atoms with E-state index in [1.165, 1.54) is 10.5 Å². The van der Waals surface area contributed by atoms with Gasteiger partial charge in [-0.3, -0.25) is 9.48 Å². The molecule has 118 valence electrons. The van der Waals surface area contributed by atoms with E-state index in [1.807, 2.05) is 0 Å². The molecule has 0 spiro atoms. The number of rotatable bonds is 3. The van der Waals surface area contributed by atoms with Gasteiger partial charge < -0.3 is 5.11 Å². The number of carboxylic acids is 1. The minimum absolute atomic E-state index is 0.00171. The molecular formula is C13H16N4O4S. The quantitative estimate of drug-likeness (QED) is 0.874. The van der Waals surface area contributed by atoms with Gasteiger partial charge in [-0.05, 0) is 19.4 Å². The summed E-state index contributed by atoms with van der Waals surface area (Å²) in [6, 6.07) is 1.55. The predicted molar refractivity (Wildman–Crippen MR) is 77.7 cm³/mol. The molecule has 0 bridgehead atoms. The van der Waals surface area contributed by atoms with E-state index in [9.17, 15) is 13.2 Å². The van der Waals surface area contributed by atoms with Crippen molar-refractivity contribution < 1.29 is 18.3 Å². The standard InChI is InChI=1S/C13H16N4O4S/c1-8-11-5-10(6-14-12(11)16(2)15-8)22(20,21)17-4-3-9(7-17)13(18)19/h5-6,9H,3-4,7H2,1-2H3,(H,18,19). The number of carboxylic acid groups (broad SMARTS) is 1. The first-order chi connectivity index (χ1) is 10.3. The average Bonchev–Trinajstić information content (AvgIpc) is 3.05. The number of carbonyl (C=O) groups is 1. The number of nitrogens with zero attached hydrogens (tertiary/aromatic N) is 4. The topological polar surface area (TPSA) is 105 Å². The number of hydrogen-bond donors (Lipinski definition) is 1. The number of hydrogen-bond acceptors (Lipinski definition) is 5. The van der Waals surface area contributed by atoms with Crippen LogP contribution in [0, 0.1) is 12.8 Å². The van der Waals surface area contributed by atoms with Crippen LogP contribution in [-0.4, -0.2) is 51.7 Å². The third-order valence-corrected chi connectivity index (χ3v) is 5.81. The van der Waals surface area contributed by atoms with Gasteiger partial charge in [0.15, 0.2) is 5.65 Å². The Hall–Kier alpha value is -2.00. The normalized spacial score (nSPS) is 19.8. The zero-order valence-electron chi connectivity index (χ0n) is 12.2. The van der Waals surface area contributed by atoms with Crippen LogP contribution in [0.5, 0.6) is 0 Å². The first-order valence-electron chi connectivity index (χ1n) is 6.83. The van der Waals surface area contributed by atoms with Gasteiger partial charge in [0.2, 0.25) is 10.0 Å². The number of aromatic nitrogens is 3. The molecule has 0 aromatic carbocycles. The maximum atomic E-state index is 12.6. The average molecular weight is 324 g/mol. The molecule has 2 aromatic rings. The van der Waals surface area contributed by atoms with E-state index in [0.717, 1.165) is 0 Å². The van der Waals surface area contributed by atoms with Crippen LogP contribution >= 0.6 is 0 Å². The summed E-state index contributed by atoms with van der Waals surface area (Å²) in [5, 5.41) is 13.9. The first kappa shape index (κ1) is 14.9. The van der Waals surface area contributed by atoms with Crippen molar-refractivity contribution in [2.24, 2.45) is 13.0 Å². The second-order valence-corrected chi connectivity index (χ2v) is 7.38. The summed E-state index contributed by atoms with van der Waals surface area (Å²) >= 11 is 0. The first-order valence-corrected chi connectivity index (χ1v) is 8.27. The van der Waals surface area contributed by atoms with Gasteiger partial charge in [0.25, 0.3) is 0 Å². The number of aryl methyl sites for hydroxylation is 2. The molecule has 0 aliphatic carbocycles. The highest BCUT2D eigenvalue weighted by atomic mass is 32.2. The van der Waals surface area contributed by atoms with Gasteiger partial charge in [0.05, 0.1) is 11.6 Å². The van der Waals surface area contributed by atoms with E-state index in [-0.39, 0.29) is 18.0 Å². The maximum absolute atomic E-state index is 12.6. The third-order valence-electron chi connectivity index (χ3n) is 3.98. The summed E-state index contributed by atoms with van der Waals surface area (Å²) in [5.74, 6) is -1.61. The summed E-state index contributed by atoms with van der Waals surface area (Å²) in [4.78, 5) is 15.2. The molecular weight excluding hydrogens is 308 g/mol. The zero-order valence-corrected chi connectivity index (χ0v) is 13.0. The monoisotopic (exact) mass is 324 g/mol. The Morgan fingerprint density at radius 1 is 1.45 bits per heavy atom. The van der Waals surface area contributed by atoms with Crippen LogP contribution in [0.4, 0.5) is 0 Å². The fourth-order valence-electron chi connectivity index (χ4n) is 2.73. The minimum atomic E-state index is -3.73. The van der Waals surface area contributed by atoms with E-state index in [1.54, 1.807) is 24.7 Å². The lowest BCUT2D eigenvalue weighted by atomic mass is 10.1. The molecule has 1 N–H and O–H groups in total. The van der Waals surface area contributed by atoms with Crippen molar-refractivity contribution in [3.05, 3.63) is 18.0 Å². The summed E-state index contributed by atoms with van der Waals surface area (Å²) < 4.78 is 28.1. The third kappa shape index (κ3) is 2.26. The molecule has 0 amide bonds. The van der Waals surface area contributed by atoms with Crippen LogP contribution in [0.1, 0.15) is 12.1 Å². The van der Waals surface area contributed by atoms with Crippen molar-refractivity contribution in [2.75, 3.05) is 13.1 Å². The van der Waals surface area contributed by atoms with E-state index in [4.69, 9.17) is 5.11 Å². The molecule has 1 fully saturated rings. The van der Waals surface area contributed by atoms with Crippen LogP contribution < -0.4 is 0 Å². The molecule has 1 atom stereocenters. The molecule has 22 heavy (non-hydrogen) atoms. The molecule has 3 rings (SSSR count). The molecule has 8 nitrogen and oxygen atoms in total. The van der Waals surface area contributed by atoms with E-state index >= 15 is 0 Å². The van der Waals surface area contributed by atoms with Gasteiger partial charge >= 0.3 is 5.97 Å². The fraction of sp³-hybridized carbons (Fsp3) is 0.462. The lowest BCUT2D eigenvalue weighted by Crippen LogP contribution is -2.30. The Morgan fingerprint density at radius 3 is 2.82 bits per heavy atom. The molecule has 9 heteroatoms. The van der Waals surface area contributed by atoms with Gasteiger partial charge in [-0.25, -0.2) is 13.4 Å². The highest BCUT2D eigenvalue weighted by molar-refractivity contribution is 7.89. The molecule has 2 aromatic heterocycles. The maximum Gasteiger partial charge on any atom is 0.307 e. The minimum Gasteiger partial charge on any atom is -0.481 e. The van der Waals surface area contributed by atoms with Gasteiger partial charge in [0, 0.05) is 31.7 Å². The number of pyridine rings is 1. The van der Waals surface area contributed by atoms with Crippen molar-refractivity contribution in [3.8, 4) is 0 Å². The number of fused-ring (bicyclic) bond motifs is 1. The molecule has 0 saturated carbocycles. The van der Waals surface area contributed by atoms with Crippen molar-refractivity contribution in [3.63, 3.8) is 0 Å². The van der Waals surface area contributed by atoms with Crippen LogP contribution in [0.25, 0.3) is 11.0 Å². The second kappa shape index (κ2) is 5.03. The molecule has 1 unspecified atom stereocenters. The van der Waals surface area contributed by atoms with Gasteiger partial charge in [0.1, 0.15) is 4.90 Å². The lowest BCUT2D eigenvalue weighted by molar-refractivity contribution is -0.141. The lowest BCUT2D eigenvalue weighted by Gasteiger charge is -2.15. The Labute approximate surface area is 127 Å². The van der Waals surface area contributed by atoms with E-state index < -0.39 is 21.9 Å². The number of aliphatic carboxylic acids is 1. The van der Waals surface area contributed by atoms with Crippen molar-refractivity contribution in [1.82, 2.24) is 19.1 Å². The van der Waals surface area contributed by atoms with Crippen molar-refractivity contribution in [2.45, 2.75) is 18.2 Å². The zero-order chi connectivity index (χ0) is 16.1. The van der Waals surface area contributed by atoms with Crippen LogP contribution in [0.2, 0.25) is 0 Å². The predicted octanol–water partition coefficient (Wildman–Crippen LogP) is 0.372. The Bertz CT molecular complexity index is 858. The highest BCUT2D eigenvalue weighted by Gasteiger charge is 2.36. The molecule has 3 heterocycles. The van der Waals surface area contributed by atoms with Crippen LogP contribution in [0.3, 0.4) is 0 Å². The van der Waals surface area contributed by atoms with Gasteiger partial charge in [-0.1, -0.05) is 0 Å². The van der Waals surface area contributed by atoms with Gasteiger partial charge in [-0.2, -0.15) is 9.40 Å². The summed E-state index contributed by atoms with van der Waals surface area (Å²) in [6.45, 7) is 2.00. The number of sulfonamides is 1. The van der Waals surface area contributed by atoms with Crippen LogP contribution in [-0.2, 0) is 21.9 Å². The fourth-order valence-corrected chi connectivity index (χ4v) is 4.20. The second-order valence-electron chi connectivity index (χ2n) is 5.44. The Balaban J connectivity index is 1.99. The van der Waals surface area contributed by atoms with Crippen molar-refractivity contribution >= 4 is 27.0 Å². The molecule has 1 aliphatic rings. The van der Waals surface area contributed by atoms with Gasteiger partial charge in [-0.15, -0.1) is 0 Å². The Kier molecular flexibility index (Phi) is 3.41. The Morgan fingerprint density at radius 2 is 2.18 bits per heavy atom. The highest BCUT2D eigenvalue weighted by Crippen LogP contribution is 2.26. The smallest absolute Gasteiger partial charge is 0.307 e. The van der Waals surface area contributed by atoms with Crippen LogP contribution in [0.15, 0.2) is 17.2 Å². The SMILES string of the molecule is Cc1nn(C)c2ncc(S(=O)(=O)N3CCC(C(=O)O)C3)cc12. The van der Waals surface area contributed by atoms with E-state index in [0.29, 0.717) is 23.1 Å². The van der Waals surface area contributed by atoms with Crippen molar-refractivity contribution in [1.29, 1.82) is 0 Å². The largest absolute Gasteiger partial charge is 0.481 e. The summed E-state index contributed by atoms with van der Waals surface area (Å²) in [7, 11) is -1.99. The molecule has 0 radical (unpaired) electrons. The summed E-state index contributed by atoms with van der Waals surface area (Å²) in [6.07, 6.45) is 1.63.